The minimum Gasteiger partial charge on any atom is -0.486 e. The Kier molecular flexibility index (Phi) is 5.31. The van der Waals surface area contributed by atoms with Crippen LogP contribution in [0.4, 0.5) is 10.5 Å². The third-order valence-corrected chi connectivity index (χ3v) is 5.16. The van der Waals surface area contributed by atoms with Crippen LogP contribution in [0.15, 0.2) is 48.5 Å². The second-order valence-electron chi connectivity index (χ2n) is 7.39. The van der Waals surface area contributed by atoms with Crippen LogP contribution in [-0.2, 0) is 9.59 Å². The molecule has 8 heteroatoms. The summed E-state index contributed by atoms with van der Waals surface area (Å²) in [7, 11) is 0. The Morgan fingerprint density at radius 2 is 1.80 bits per heavy atom. The number of fused-ring (bicyclic) bond motifs is 1. The van der Waals surface area contributed by atoms with Gasteiger partial charge in [0, 0.05) is 5.69 Å². The minimum absolute atomic E-state index is 0.209. The van der Waals surface area contributed by atoms with E-state index in [2.05, 4.69) is 5.32 Å². The second-order valence-corrected chi connectivity index (χ2v) is 7.39. The molecule has 4 rings (SSSR count). The van der Waals surface area contributed by atoms with Gasteiger partial charge in [0.05, 0.1) is 6.54 Å². The number of rotatable bonds is 5. The molecule has 1 saturated heterocycles. The molecular weight excluding hydrogens is 386 g/mol. The Hall–Kier alpha value is -3.55. The van der Waals surface area contributed by atoms with Crippen LogP contribution in [0.3, 0.4) is 0 Å². The highest BCUT2D eigenvalue weighted by Crippen LogP contribution is 2.30. The summed E-state index contributed by atoms with van der Waals surface area (Å²) in [6.45, 7) is 3.77. The molecule has 2 heterocycles. The number of hydrogen-bond acceptors (Lipinski definition) is 5. The van der Waals surface area contributed by atoms with Crippen molar-refractivity contribution in [3.63, 3.8) is 0 Å². The van der Waals surface area contributed by atoms with E-state index in [1.165, 1.54) is 4.90 Å². The number of nitrogens with one attached hydrogen (secondary N) is 1. The van der Waals surface area contributed by atoms with Crippen LogP contribution >= 0.6 is 0 Å². The normalized spacial score (nSPS) is 20.5. The van der Waals surface area contributed by atoms with E-state index in [1.54, 1.807) is 25.1 Å². The van der Waals surface area contributed by atoms with Gasteiger partial charge in [-0.15, -0.1) is 0 Å². The van der Waals surface area contributed by atoms with Crippen LogP contribution in [0.2, 0.25) is 0 Å². The fraction of sp³-hybridized carbons (Fsp3) is 0.318. The highest BCUT2D eigenvalue weighted by Gasteiger charge is 2.44. The van der Waals surface area contributed by atoms with Gasteiger partial charge in [0.15, 0.2) is 11.5 Å². The van der Waals surface area contributed by atoms with E-state index >= 15 is 0 Å². The monoisotopic (exact) mass is 409 g/mol. The van der Waals surface area contributed by atoms with E-state index in [-0.39, 0.29) is 19.2 Å². The lowest BCUT2D eigenvalue weighted by Gasteiger charge is -2.26. The van der Waals surface area contributed by atoms with E-state index in [9.17, 15) is 14.4 Å². The van der Waals surface area contributed by atoms with Gasteiger partial charge >= 0.3 is 6.03 Å². The standard InChI is InChI=1S/C22H23N3O5/c1-14-7-9-16(10-8-14)25-15(2)21(27)24(22(25)28)12-20(26)23-11-17-13-29-18-5-3-4-6-19(18)30-17/h3-10,15,17H,11-13H2,1-2H3,(H,23,26). The summed E-state index contributed by atoms with van der Waals surface area (Å²) >= 11 is 0. The summed E-state index contributed by atoms with van der Waals surface area (Å²) < 4.78 is 11.4. The number of aryl methyl sites for hydroxylation is 1. The number of carbonyl (C=O) groups excluding carboxylic acids is 3. The molecule has 0 bridgehead atoms. The van der Waals surface area contributed by atoms with Crippen LogP contribution in [0, 0.1) is 6.92 Å². The fourth-order valence-electron chi connectivity index (χ4n) is 3.50. The van der Waals surface area contributed by atoms with Crippen LogP contribution in [0.5, 0.6) is 11.5 Å². The summed E-state index contributed by atoms with van der Waals surface area (Å²) in [5, 5.41) is 2.72. The van der Waals surface area contributed by atoms with Crippen LogP contribution in [0.25, 0.3) is 0 Å². The maximum atomic E-state index is 12.8. The Morgan fingerprint density at radius 1 is 1.10 bits per heavy atom. The van der Waals surface area contributed by atoms with Gasteiger partial charge in [0.2, 0.25) is 5.91 Å². The van der Waals surface area contributed by atoms with Crippen molar-refractivity contribution in [2.45, 2.75) is 26.0 Å². The van der Waals surface area contributed by atoms with Gasteiger partial charge in [-0.1, -0.05) is 29.8 Å². The SMILES string of the molecule is Cc1ccc(N2C(=O)N(CC(=O)NCC3COc4ccccc4O3)C(=O)C2C)cc1. The number of ether oxygens (including phenoxy) is 2. The molecule has 2 aromatic rings. The van der Waals surface area contributed by atoms with Gasteiger partial charge in [-0.25, -0.2) is 4.79 Å². The molecule has 156 valence electrons. The average molecular weight is 409 g/mol. The van der Waals surface area contributed by atoms with Crippen molar-refractivity contribution in [3.8, 4) is 11.5 Å². The van der Waals surface area contributed by atoms with Crippen molar-refractivity contribution in [2.75, 3.05) is 24.6 Å². The first-order chi connectivity index (χ1) is 14.4. The number of imide groups is 1. The third kappa shape index (κ3) is 3.80. The molecule has 0 radical (unpaired) electrons. The molecule has 2 unspecified atom stereocenters. The lowest BCUT2D eigenvalue weighted by Crippen LogP contribution is -2.46. The Balaban J connectivity index is 1.34. The molecule has 0 aliphatic carbocycles. The second kappa shape index (κ2) is 8.06. The van der Waals surface area contributed by atoms with E-state index < -0.39 is 23.9 Å². The van der Waals surface area contributed by atoms with Crippen LogP contribution in [0.1, 0.15) is 12.5 Å². The van der Waals surface area contributed by atoms with E-state index in [4.69, 9.17) is 9.47 Å². The van der Waals surface area contributed by atoms with Crippen molar-refractivity contribution in [2.24, 2.45) is 0 Å². The summed E-state index contributed by atoms with van der Waals surface area (Å²) in [5.74, 6) is 0.452. The maximum Gasteiger partial charge on any atom is 0.332 e. The summed E-state index contributed by atoms with van der Waals surface area (Å²) in [6.07, 6.45) is -0.350. The predicted octanol–water partition coefficient (Wildman–Crippen LogP) is 2.11. The number of amides is 4. The van der Waals surface area contributed by atoms with Gasteiger partial charge in [-0.2, -0.15) is 0 Å². The van der Waals surface area contributed by atoms with Gasteiger partial charge < -0.3 is 14.8 Å². The third-order valence-electron chi connectivity index (χ3n) is 5.16. The van der Waals surface area contributed by atoms with Gasteiger partial charge in [-0.05, 0) is 38.1 Å². The average Bonchev–Trinajstić information content (AvgIpc) is 2.96. The summed E-state index contributed by atoms with van der Waals surface area (Å²) in [6, 6.07) is 13.5. The number of anilines is 1. The van der Waals surface area contributed by atoms with Gasteiger partial charge in [-0.3, -0.25) is 19.4 Å². The Morgan fingerprint density at radius 3 is 2.53 bits per heavy atom. The van der Waals surface area contributed by atoms with Crippen LogP contribution in [-0.4, -0.2) is 54.6 Å². The molecule has 2 aliphatic heterocycles. The van der Waals surface area contributed by atoms with E-state index in [0.29, 0.717) is 23.8 Å². The lowest BCUT2D eigenvalue weighted by atomic mass is 10.2. The number of carbonyl (C=O) groups is 3. The molecule has 2 aromatic carbocycles. The van der Waals surface area contributed by atoms with Crippen LogP contribution < -0.4 is 19.7 Å². The lowest BCUT2D eigenvalue weighted by molar-refractivity contribution is -0.132. The highest BCUT2D eigenvalue weighted by atomic mass is 16.6. The van der Waals surface area contributed by atoms with E-state index in [0.717, 1.165) is 10.5 Å². The molecule has 0 spiro atoms. The smallest absolute Gasteiger partial charge is 0.332 e. The van der Waals surface area contributed by atoms with Crippen molar-refractivity contribution in [3.05, 3.63) is 54.1 Å². The van der Waals surface area contributed by atoms with Gasteiger partial charge in [0.25, 0.3) is 5.91 Å². The molecule has 2 aliphatic rings. The molecule has 0 aromatic heterocycles. The topological polar surface area (TPSA) is 88.2 Å². The number of benzene rings is 2. The molecule has 8 nitrogen and oxygen atoms in total. The predicted molar refractivity (Wildman–Crippen MR) is 110 cm³/mol. The minimum atomic E-state index is -0.667. The zero-order valence-corrected chi connectivity index (χ0v) is 16.8. The van der Waals surface area contributed by atoms with Gasteiger partial charge in [0.1, 0.15) is 25.3 Å². The Bertz CT molecular complexity index is 975. The largest absolute Gasteiger partial charge is 0.486 e. The number of urea groups is 1. The first-order valence-electron chi connectivity index (χ1n) is 9.80. The fourth-order valence-corrected chi connectivity index (χ4v) is 3.50. The van der Waals surface area contributed by atoms with Crippen molar-refractivity contribution in [1.82, 2.24) is 10.2 Å². The van der Waals surface area contributed by atoms with Crippen molar-refractivity contribution >= 4 is 23.5 Å². The molecule has 30 heavy (non-hydrogen) atoms. The first-order valence-corrected chi connectivity index (χ1v) is 9.80. The molecule has 1 N–H and O–H groups in total. The van der Waals surface area contributed by atoms with Crippen molar-refractivity contribution < 1.29 is 23.9 Å². The molecule has 2 atom stereocenters. The Labute approximate surface area is 174 Å². The zero-order valence-electron chi connectivity index (χ0n) is 16.8. The molecule has 1 fully saturated rings. The number of para-hydroxylation sites is 2. The zero-order chi connectivity index (χ0) is 21.3. The quantitative estimate of drug-likeness (QED) is 0.765. The van der Waals surface area contributed by atoms with Crippen molar-refractivity contribution in [1.29, 1.82) is 0 Å². The number of hydrogen-bond donors (Lipinski definition) is 1. The molecule has 0 saturated carbocycles. The highest BCUT2D eigenvalue weighted by molar-refractivity contribution is 6.15. The first kappa shape index (κ1) is 19.8. The molecule has 4 amide bonds. The molecular formula is C22H23N3O5. The summed E-state index contributed by atoms with van der Waals surface area (Å²) in [5.41, 5.74) is 1.68. The number of nitrogens with zero attached hydrogens (tertiary/aromatic N) is 2. The summed E-state index contributed by atoms with van der Waals surface area (Å²) in [4.78, 5) is 40.2. The van der Waals surface area contributed by atoms with E-state index in [1.807, 2.05) is 37.3 Å². The maximum absolute atomic E-state index is 12.8.